The third-order valence-electron chi connectivity index (χ3n) is 2.56. The van der Waals surface area contributed by atoms with Gasteiger partial charge in [-0.05, 0) is 12.1 Å². The van der Waals surface area contributed by atoms with Gasteiger partial charge in [0.25, 0.3) is 0 Å². The summed E-state index contributed by atoms with van der Waals surface area (Å²) >= 11 is 3.42. The number of hydrogen-bond donors (Lipinski definition) is 1. The maximum atomic E-state index is 5.86. The minimum absolute atomic E-state index is 0.112. The lowest BCUT2D eigenvalue weighted by atomic mass is 9.95. The largest absolute Gasteiger partial charge is 0.384 e. The van der Waals surface area contributed by atoms with E-state index in [2.05, 4.69) is 46.7 Å². The van der Waals surface area contributed by atoms with Gasteiger partial charge in [-0.1, -0.05) is 48.8 Å². The first-order valence-electron chi connectivity index (χ1n) is 5.77. The van der Waals surface area contributed by atoms with Gasteiger partial charge < -0.3 is 5.73 Å². The first-order valence-corrected chi connectivity index (χ1v) is 6.56. The van der Waals surface area contributed by atoms with Crippen LogP contribution in [-0.2, 0) is 5.41 Å². The second kappa shape index (κ2) is 4.69. The van der Waals surface area contributed by atoms with Crippen molar-refractivity contribution in [3.05, 3.63) is 40.6 Å². The zero-order valence-corrected chi connectivity index (χ0v) is 12.3. The molecule has 0 atom stereocenters. The van der Waals surface area contributed by atoms with Crippen molar-refractivity contribution < 1.29 is 0 Å². The normalized spacial score (nSPS) is 11.6. The fourth-order valence-electron chi connectivity index (χ4n) is 1.57. The van der Waals surface area contributed by atoms with Crippen LogP contribution in [-0.4, -0.2) is 9.97 Å². The van der Waals surface area contributed by atoms with Crippen LogP contribution in [0.1, 0.15) is 26.6 Å². The number of aromatic nitrogens is 2. The Morgan fingerprint density at radius 3 is 2.22 bits per heavy atom. The van der Waals surface area contributed by atoms with Gasteiger partial charge in [0.1, 0.15) is 11.6 Å². The smallest absolute Gasteiger partial charge is 0.136 e. The molecule has 0 unspecified atom stereocenters. The Morgan fingerprint density at radius 2 is 1.67 bits per heavy atom. The molecule has 1 heterocycles. The maximum absolute atomic E-state index is 5.86. The maximum Gasteiger partial charge on any atom is 0.136 e. The van der Waals surface area contributed by atoms with Crippen molar-refractivity contribution in [1.29, 1.82) is 0 Å². The molecule has 2 rings (SSSR count). The summed E-state index contributed by atoms with van der Waals surface area (Å²) in [5.74, 6) is 1.27. The van der Waals surface area contributed by atoms with Crippen molar-refractivity contribution in [2.75, 3.05) is 5.73 Å². The minimum atomic E-state index is -0.112. The van der Waals surface area contributed by atoms with Gasteiger partial charge in [-0.2, -0.15) is 0 Å². The van der Waals surface area contributed by atoms with E-state index in [4.69, 9.17) is 5.73 Å². The lowest BCUT2D eigenvalue weighted by molar-refractivity contribution is 0.547. The molecular weight excluding hydrogens is 290 g/mol. The highest BCUT2D eigenvalue weighted by Gasteiger charge is 2.18. The van der Waals surface area contributed by atoms with Crippen molar-refractivity contribution in [3.8, 4) is 11.3 Å². The van der Waals surface area contributed by atoms with Gasteiger partial charge in [-0.15, -0.1) is 0 Å². The zero-order chi connectivity index (χ0) is 13.3. The molecule has 0 spiro atoms. The van der Waals surface area contributed by atoms with Crippen LogP contribution in [0.2, 0.25) is 0 Å². The van der Waals surface area contributed by atoms with E-state index < -0.39 is 0 Å². The molecule has 0 aliphatic carbocycles. The molecule has 0 radical (unpaired) electrons. The van der Waals surface area contributed by atoms with Crippen LogP contribution in [0, 0.1) is 0 Å². The van der Waals surface area contributed by atoms with Crippen molar-refractivity contribution in [2.24, 2.45) is 0 Å². The van der Waals surface area contributed by atoms with Crippen LogP contribution in [0.3, 0.4) is 0 Å². The summed E-state index contributed by atoms with van der Waals surface area (Å²) in [6.07, 6.45) is 0. The second-order valence-electron chi connectivity index (χ2n) is 5.26. The fourth-order valence-corrected chi connectivity index (χ4v) is 1.83. The first-order chi connectivity index (χ1) is 8.36. The van der Waals surface area contributed by atoms with Crippen molar-refractivity contribution in [3.63, 3.8) is 0 Å². The van der Waals surface area contributed by atoms with Gasteiger partial charge in [-0.25, -0.2) is 9.97 Å². The van der Waals surface area contributed by atoms with Gasteiger partial charge in [-0.3, -0.25) is 0 Å². The molecule has 0 aliphatic rings. The topological polar surface area (TPSA) is 51.8 Å². The van der Waals surface area contributed by atoms with Crippen molar-refractivity contribution in [1.82, 2.24) is 9.97 Å². The molecule has 0 saturated heterocycles. The van der Waals surface area contributed by atoms with E-state index >= 15 is 0 Å². The van der Waals surface area contributed by atoms with Gasteiger partial charge in [0.2, 0.25) is 0 Å². The molecule has 2 aromatic rings. The molecule has 1 aromatic heterocycles. The number of nitrogens with zero attached hydrogens (tertiary/aromatic N) is 2. The molecular formula is C14H16BrN3. The Morgan fingerprint density at radius 1 is 1.06 bits per heavy atom. The monoisotopic (exact) mass is 305 g/mol. The van der Waals surface area contributed by atoms with E-state index in [1.165, 1.54) is 0 Å². The summed E-state index contributed by atoms with van der Waals surface area (Å²) in [5, 5.41) is 0. The summed E-state index contributed by atoms with van der Waals surface area (Å²) in [6.45, 7) is 6.23. The lowest BCUT2D eigenvalue weighted by Crippen LogP contribution is -2.17. The van der Waals surface area contributed by atoms with Gasteiger partial charge in [0.05, 0.1) is 5.69 Å². The van der Waals surface area contributed by atoms with Crippen molar-refractivity contribution >= 4 is 21.7 Å². The molecule has 4 heteroatoms. The quantitative estimate of drug-likeness (QED) is 0.872. The van der Waals surface area contributed by atoms with E-state index in [0.717, 1.165) is 21.6 Å². The fraction of sp³-hybridized carbons (Fsp3) is 0.286. The first kappa shape index (κ1) is 13.0. The number of nitrogens with two attached hydrogens (primary N) is 1. The van der Waals surface area contributed by atoms with Gasteiger partial charge in [0.15, 0.2) is 0 Å². The Kier molecular flexibility index (Phi) is 3.39. The summed E-state index contributed by atoms with van der Waals surface area (Å²) in [7, 11) is 0. The van der Waals surface area contributed by atoms with E-state index in [-0.39, 0.29) is 5.41 Å². The molecule has 3 nitrogen and oxygen atoms in total. The highest BCUT2D eigenvalue weighted by atomic mass is 79.9. The minimum Gasteiger partial charge on any atom is -0.384 e. The molecule has 1 aromatic carbocycles. The standard InChI is InChI=1S/C14H16BrN3/c1-14(2,3)13-17-11(8-12(16)18-13)9-4-6-10(15)7-5-9/h4-8H,1-3H3,(H2,16,17,18). The summed E-state index contributed by atoms with van der Waals surface area (Å²) in [4.78, 5) is 8.90. The third kappa shape index (κ3) is 2.88. The third-order valence-corrected chi connectivity index (χ3v) is 3.09. The SMILES string of the molecule is CC(C)(C)c1nc(N)cc(-c2ccc(Br)cc2)n1. The zero-order valence-electron chi connectivity index (χ0n) is 10.7. The molecule has 0 bridgehead atoms. The highest BCUT2D eigenvalue weighted by molar-refractivity contribution is 9.10. The predicted octanol–water partition coefficient (Wildman–Crippen LogP) is 3.79. The molecule has 0 amide bonds. The molecule has 2 N–H and O–H groups in total. The number of anilines is 1. The molecule has 94 valence electrons. The number of halogens is 1. The molecule has 0 fully saturated rings. The van der Waals surface area contributed by atoms with E-state index in [1.807, 2.05) is 24.3 Å². The second-order valence-corrected chi connectivity index (χ2v) is 6.17. The number of hydrogen-bond acceptors (Lipinski definition) is 3. The molecule has 0 saturated carbocycles. The lowest BCUT2D eigenvalue weighted by Gasteiger charge is -2.17. The number of rotatable bonds is 1. The molecule has 0 aliphatic heterocycles. The van der Waals surface area contributed by atoms with Crippen LogP contribution in [0.25, 0.3) is 11.3 Å². The van der Waals surface area contributed by atoms with Crippen LogP contribution >= 0.6 is 15.9 Å². The number of nitrogen functional groups attached to an aromatic ring is 1. The average Bonchev–Trinajstić information content (AvgIpc) is 2.28. The Labute approximate surface area is 116 Å². The van der Waals surface area contributed by atoms with Crippen LogP contribution < -0.4 is 5.73 Å². The molecule has 18 heavy (non-hydrogen) atoms. The Bertz CT molecular complexity index is 556. The van der Waals surface area contributed by atoms with E-state index in [9.17, 15) is 0 Å². The summed E-state index contributed by atoms with van der Waals surface area (Å²) < 4.78 is 1.05. The summed E-state index contributed by atoms with van der Waals surface area (Å²) in [6, 6.07) is 9.81. The van der Waals surface area contributed by atoms with Crippen LogP contribution in [0.5, 0.6) is 0 Å². The summed E-state index contributed by atoms with van der Waals surface area (Å²) in [5.41, 5.74) is 7.65. The van der Waals surface area contributed by atoms with Gasteiger partial charge >= 0.3 is 0 Å². The van der Waals surface area contributed by atoms with Crippen molar-refractivity contribution in [2.45, 2.75) is 26.2 Å². The predicted molar refractivity (Wildman–Crippen MR) is 78.3 cm³/mol. The van der Waals surface area contributed by atoms with Gasteiger partial charge in [0, 0.05) is 21.5 Å². The van der Waals surface area contributed by atoms with E-state index in [1.54, 1.807) is 6.07 Å². The van der Waals surface area contributed by atoms with Crippen LogP contribution in [0.4, 0.5) is 5.82 Å². The number of benzene rings is 1. The Hall–Kier alpha value is -1.42. The Balaban J connectivity index is 2.52. The highest BCUT2D eigenvalue weighted by Crippen LogP contribution is 2.25. The van der Waals surface area contributed by atoms with E-state index in [0.29, 0.717) is 5.82 Å². The average molecular weight is 306 g/mol. The van der Waals surface area contributed by atoms with Crippen LogP contribution in [0.15, 0.2) is 34.8 Å².